The van der Waals surface area contributed by atoms with Gasteiger partial charge < -0.3 is 14.8 Å². The summed E-state index contributed by atoms with van der Waals surface area (Å²) in [6.45, 7) is 7.47. The summed E-state index contributed by atoms with van der Waals surface area (Å²) in [5, 5.41) is 5.16. The van der Waals surface area contributed by atoms with E-state index in [0.29, 0.717) is 48.6 Å². The number of amidine groups is 1. The van der Waals surface area contributed by atoms with E-state index in [2.05, 4.69) is 10.3 Å². The number of nitrogens with one attached hydrogen (secondary N) is 1. The van der Waals surface area contributed by atoms with Gasteiger partial charge in [0.2, 0.25) is 0 Å². The van der Waals surface area contributed by atoms with E-state index in [-0.39, 0.29) is 18.8 Å². The van der Waals surface area contributed by atoms with Gasteiger partial charge >= 0.3 is 11.9 Å². The lowest BCUT2D eigenvalue weighted by atomic mass is 9.97. The van der Waals surface area contributed by atoms with Gasteiger partial charge in [-0.2, -0.15) is 0 Å². The van der Waals surface area contributed by atoms with Crippen molar-refractivity contribution in [1.82, 2.24) is 15.3 Å². The van der Waals surface area contributed by atoms with Crippen LogP contribution in [0.25, 0.3) is 11.3 Å². The summed E-state index contributed by atoms with van der Waals surface area (Å²) in [5.74, 6) is -0.962. The van der Waals surface area contributed by atoms with Crippen LogP contribution >= 0.6 is 35.0 Å². The second kappa shape index (κ2) is 12.6. The van der Waals surface area contributed by atoms with Crippen LogP contribution in [0.1, 0.15) is 48.4 Å². The quantitative estimate of drug-likeness (QED) is 0.246. The molecule has 0 bridgehead atoms. The van der Waals surface area contributed by atoms with Gasteiger partial charge in [-0.3, -0.25) is 0 Å². The van der Waals surface area contributed by atoms with E-state index in [1.807, 2.05) is 12.1 Å². The number of hydrogen-bond donors (Lipinski definition) is 1. The minimum absolute atomic E-state index is 0.218. The number of aliphatic imine (C=N–C) groups is 1. The number of hydrogen-bond acceptors (Lipinski definition) is 9. The number of allylic oxidation sites excluding steroid dienone is 1. The highest BCUT2D eigenvalue weighted by molar-refractivity contribution is 8.13. The first-order valence-electron chi connectivity index (χ1n) is 12.2. The molecule has 0 radical (unpaired) electrons. The molecule has 202 valence electrons. The number of carbonyl (C=O) groups excluding carboxylic acids is 2. The minimum Gasteiger partial charge on any atom is -0.463 e. The molecule has 0 fully saturated rings. The summed E-state index contributed by atoms with van der Waals surface area (Å²) in [5.41, 5.74) is 3.63. The lowest BCUT2D eigenvalue weighted by Crippen LogP contribution is -2.30. The van der Waals surface area contributed by atoms with Gasteiger partial charge in [0.25, 0.3) is 0 Å². The number of rotatable bonds is 7. The maximum absolute atomic E-state index is 12.8. The number of aromatic nitrogens is 2. The zero-order valence-electron chi connectivity index (χ0n) is 21.7. The smallest absolute Gasteiger partial charge is 0.342 e. The third-order valence-electron chi connectivity index (χ3n) is 5.75. The Morgan fingerprint density at radius 2 is 1.49 bits per heavy atom. The van der Waals surface area contributed by atoms with Gasteiger partial charge in [0.1, 0.15) is 11.6 Å². The normalized spacial score (nSPS) is 14.9. The molecule has 1 N–H and O–H groups in total. The fourth-order valence-electron chi connectivity index (χ4n) is 4.00. The summed E-state index contributed by atoms with van der Waals surface area (Å²) >= 11 is 13.4. The summed E-state index contributed by atoms with van der Waals surface area (Å²) in [6.07, 6.45) is 0. The van der Waals surface area contributed by atoms with Crippen molar-refractivity contribution in [3.8, 4) is 11.3 Å². The molecule has 2 heterocycles. The van der Waals surface area contributed by atoms with Crippen LogP contribution in [0, 0.1) is 6.92 Å². The van der Waals surface area contributed by atoms with Crippen LogP contribution in [0.3, 0.4) is 0 Å². The van der Waals surface area contributed by atoms with Crippen LogP contribution < -0.4 is 5.32 Å². The third-order valence-corrected chi connectivity index (χ3v) is 7.02. The maximum Gasteiger partial charge on any atom is 0.342 e. The SMILES string of the molecule is CCOC(=O)C1=C(C)NC(Sc2nc(C)c(C(=O)OCC)c(-c3ccc(Cl)cc3)n2)=NC1c1ccc(Cl)cc1. The van der Waals surface area contributed by atoms with Crippen molar-refractivity contribution in [3.05, 3.63) is 86.7 Å². The molecule has 8 nitrogen and oxygen atoms in total. The van der Waals surface area contributed by atoms with Crippen molar-refractivity contribution in [2.45, 2.75) is 38.9 Å². The van der Waals surface area contributed by atoms with E-state index in [0.717, 1.165) is 5.56 Å². The molecular weight excluding hydrogens is 559 g/mol. The highest BCUT2D eigenvalue weighted by Gasteiger charge is 2.31. The van der Waals surface area contributed by atoms with Gasteiger partial charge in [-0.15, -0.1) is 0 Å². The van der Waals surface area contributed by atoms with E-state index in [1.54, 1.807) is 64.1 Å². The Hall–Kier alpha value is -3.40. The molecule has 0 saturated heterocycles. The number of esters is 2. The first kappa shape index (κ1) is 28.6. The number of aryl methyl sites for hydroxylation is 1. The second-order valence-corrected chi connectivity index (χ2v) is 10.2. The molecule has 2 aromatic carbocycles. The Kier molecular flexibility index (Phi) is 9.27. The zero-order valence-corrected chi connectivity index (χ0v) is 24.1. The van der Waals surface area contributed by atoms with E-state index in [4.69, 9.17) is 42.7 Å². The summed E-state index contributed by atoms with van der Waals surface area (Å²) in [7, 11) is 0. The number of nitrogens with zero attached hydrogens (tertiary/aromatic N) is 3. The predicted octanol–water partition coefficient (Wildman–Crippen LogP) is 6.57. The second-order valence-electron chi connectivity index (χ2n) is 8.42. The lowest BCUT2D eigenvalue weighted by molar-refractivity contribution is -0.138. The van der Waals surface area contributed by atoms with Crippen LogP contribution in [-0.2, 0) is 14.3 Å². The molecule has 4 rings (SSSR count). The predicted molar refractivity (Wildman–Crippen MR) is 153 cm³/mol. The van der Waals surface area contributed by atoms with Crippen LogP contribution in [0.5, 0.6) is 0 Å². The Bertz CT molecular complexity index is 1460. The summed E-state index contributed by atoms with van der Waals surface area (Å²) in [4.78, 5) is 39.8. The van der Waals surface area contributed by atoms with Crippen molar-refractivity contribution in [3.63, 3.8) is 0 Å². The number of carbonyl (C=O) groups is 2. The van der Waals surface area contributed by atoms with Crippen molar-refractivity contribution in [2.75, 3.05) is 13.2 Å². The molecule has 0 spiro atoms. The highest BCUT2D eigenvalue weighted by Crippen LogP contribution is 2.35. The van der Waals surface area contributed by atoms with E-state index in [9.17, 15) is 9.59 Å². The first-order valence-corrected chi connectivity index (χ1v) is 13.8. The van der Waals surface area contributed by atoms with E-state index in [1.165, 1.54) is 11.8 Å². The molecule has 0 saturated carbocycles. The lowest BCUT2D eigenvalue weighted by Gasteiger charge is -2.25. The Morgan fingerprint density at radius 1 is 0.897 bits per heavy atom. The molecule has 1 aromatic heterocycles. The fraction of sp³-hybridized carbons (Fsp3) is 0.250. The average molecular weight is 586 g/mol. The fourth-order valence-corrected chi connectivity index (χ4v) is 5.11. The average Bonchev–Trinajstić information content (AvgIpc) is 2.89. The van der Waals surface area contributed by atoms with Crippen molar-refractivity contribution in [1.29, 1.82) is 0 Å². The Morgan fingerprint density at radius 3 is 2.10 bits per heavy atom. The van der Waals surface area contributed by atoms with Gasteiger partial charge in [-0.1, -0.05) is 47.5 Å². The largest absolute Gasteiger partial charge is 0.463 e. The monoisotopic (exact) mass is 584 g/mol. The van der Waals surface area contributed by atoms with Gasteiger partial charge in [0.15, 0.2) is 10.3 Å². The minimum atomic E-state index is -0.624. The molecule has 11 heteroatoms. The molecular formula is C28H26Cl2N4O4S. The van der Waals surface area contributed by atoms with Gasteiger partial charge in [0, 0.05) is 21.3 Å². The standard InChI is InChI=1S/C28H26Cl2N4O4S/c1-5-37-25(35)21-15(3)31-27(33-23(21)17-7-11-19(29)12-8-17)39-28-32-16(4)22(26(36)38-6-2)24(34-28)18-9-13-20(30)14-10-18/h7-14,23H,5-6H2,1-4H3,(H,31,33). The molecule has 1 aliphatic heterocycles. The van der Waals surface area contributed by atoms with Crippen LogP contribution in [-0.4, -0.2) is 40.3 Å². The highest BCUT2D eigenvalue weighted by atomic mass is 35.5. The Balaban J connectivity index is 1.76. The molecule has 1 atom stereocenters. The molecule has 0 aliphatic carbocycles. The van der Waals surface area contributed by atoms with Crippen LogP contribution in [0.15, 0.2) is 69.9 Å². The number of benzene rings is 2. The van der Waals surface area contributed by atoms with Crippen molar-refractivity contribution in [2.24, 2.45) is 4.99 Å². The van der Waals surface area contributed by atoms with Crippen LogP contribution in [0.2, 0.25) is 10.0 Å². The topological polar surface area (TPSA) is 103 Å². The van der Waals surface area contributed by atoms with E-state index < -0.39 is 18.0 Å². The maximum atomic E-state index is 12.8. The number of ether oxygens (including phenoxy) is 2. The van der Waals surface area contributed by atoms with Crippen molar-refractivity contribution < 1.29 is 19.1 Å². The molecule has 0 amide bonds. The molecule has 1 aliphatic rings. The molecule has 3 aromatic rings. The van der Waals surface area contributed by atoms with Gasteiger partial charge in [-0.05, 0) is 69.3 Å². The number of halogens is 2. The van der Waals surface area contributed by atoms with Crippen LogP contribution in [0.4, 0.5) is 0 Å². The third kappa shape index (κ3) is 6.61. The zero-order chi connectivity index (χ0) is 28.1. The van der Waals surface area contributed by atoms with Crippen molar-refractivity contribution >= 4 is 52.1 Å². The van der Waals surface area contributed by atoms with Gasteiger partial charge in [-0.25, -0.2) is 24.5 Å². The molecule has 39 heavy (non-hydrogen) atoms. The first-order chi connectivity index (χ1) is 18.7. The van der Waals surface area contributed by atoms with E-state index >= 15 is 0 Å². The summed E-state index contributed by atoms with van der Waals surface area (Å²) < 4.78 is 10.6. The Labute approximate surface area is 240 Å². The summed E-state index contributed by atoms with van der Waals surface area (Å²) in [6, 6.07) is 13.5. The van der Waals surface area contributed by atoms with Gasteiger partial charge in [0.05, 0.1) is 30.2 Å². The molecule has 1 unspecified atom stereocenters. The number of thioether (sulfide) groups is 1.